The normalized spacial score (nSPS) is 20.6. The van der Waals surface area contributed by atoms with E-state index in [0.717, 1.165) is 0 Å². The topological polar surface area (TPSA) is 95.7 Å². The minimum absolute atomic E-state index is 0.514. The Balaban J connectivity index is 2.83. The van der Waals surface area contributed by atoms with Gasteiger partial charge >= 0.3 is 10.4 Å². The summed E-state index contributed by atoms with van der Waals surface area (Å²) in [5, 5.41) is 0. The molecule has 0 aromatic carbocycles. The van der Waals surface area contributed by atoms with E-state index in [1.165, 1.54) is 0 Å². The molecule has 2 N–H and O–H groups in total. The van der Waals surface area contributed by atoms with Crippen LogP contribution in [0.3, 0.4) is 0 Å². The predicted octanol–water partition coefficient (Wildman–Crippen LogP) is -1.40. The van der Waals surface area contributed by atoms with Gasteiger partial charge < -0.3 is 14.1 Å². The van der Waals surface area contributed by atoms with Gasteiger partial charge in [-0.1, -0.05) is 0 Å². The second kappa shape index (κ2) is 1.87. The third-order valence-electron chi connectivity index (χ3n) is 0.708. The van der Waals surface area contributed by atoms with Gasteiger partial charge in [-0.05, 0) is 0 Å². The van der Waals surface area contributed by atoms with Crippen LogP contribution in [0, 0.1) is 0 Å². The molecule has 0 fully saturated rings. The van der Waals surface area contributed by atoms with E-state index in [0.29, 0.717) is 6.26 Å². The van der Waals surface area contributed by atoms with Crippen molar-refractivity contribution in [2.75, 3.05) is 0 Å². The lowest BCUT2D eigenvalue weighted by molar-refractivity contribution is -0.116. The van der Waals surface area contributed by atoms with Crippen molar-refractivity contribution in [2.24, 2.45) is 5.73 Å². The molecule has 1 amide bonds. The summed E-state index contributed by atoms with van der Waals surface area (Å²) >= 11 is 0. The number of rotatable bonds is 1. The highest BCUT2D eigenvalue weighted by molar-refractivity contribution is 7.82. The largest absolute Gasteiger partial charge is 0.500 e. The number of nitrogens with two attached hydrogens (primary N) is 1. The van der Waals surface area contributed by atoms with E-state index in [2.05, 4.69) is 14.1 Å². The van der Waals surface area contributed by atoms with Crippen LogP contribution in [0.1, 0.15) is 0 Å². The Morgan fingerprint density at radius 1 is 1.60 bits per heavy atom. The number of hydrogen-bond donors (Lipinski definition) is 1. The molecule has 1 rings (SSSR count). The Morgan fingerprint density at radius 3 is 2.40 bits per heavy atom. The summed E-state index contributed by atoms with van der Waals surface area (Å²) in [7, 11) is -4.03. The molecule has 0 atom stereocenters. The van der Waals surface area contributed by atoms with E-state index in [9.17, 15) is 13.2 Å². The fraction of sp³-hybridized carbons (Fsp3) is 0. The molecule has 0 bridgehead atoms. The molecule has 0 unspecified atom stereocenters. The molecular formula is C3H3NO5S. The number of carbonyl (C=O) groups excluding carboxylic acids is 1. The first kappa shape index (κ1) is 6.87. The molecule has 0 aromatic rings. The second-order valence-corrected chi connectivity index (χ2v) is 2.61. The van der Waals surface area contributed by atoms with E-state index in [-0.39, 0.29) is 0 Å². The molecular weight excluding hydrogens is 162 g/mol. The van der Waals surface area contributed by atoms with Gasteiger partial charge in [0.25, 0.3) is 5.91 Å². The standard InChI is InChI=1S/C3H3NO5S/c4-3(5)2-1-8-10(6,7)9-2/h1H,(H2,4,5). The third kappa shape index (κ3) is 1.18. The Hall–Kier alpha value is -1.24. The molecule has 1 aliphatic rings. The van der Waals surface area contributed by atoms with E-state index in [4.69, 9.17) is 0 Å². The molecule has 0 saturated carbocycles. The van der Waals surface area contributed by atoms with Crippen LogP contribution in [0.4, 0.5) is 0 Å². The van der Waals surface area contributed by atoms with Crippen molar-refractivity contribution in [1.82, 2.24) is 0 Å². The van der Waals surface area contributed by atoms with Gasteiger partial charge in [-0.15, -0.1) is 8.42 Å². The SMILES string of the molecule is NC(=O)C1=COS(=O)(=O)O1. The van der Waals surface area contributed by atoms with Crippen molar-refractivity contribution >= 4 is 16.3 Å². The van der Waals surface area contributed by atoms with Crippen LogP contribution in [0.15, 0.2) is 12.0 Å². The number of hydrogen-bond acceptors (Lipinski definition) is 5. The van der Waals surface area contributed by atoms with Gasteiger partial charge in [-0.25, -0.2) is 0 Å². The summed E-state index contributed by atoms with van der Waals surface area (Å²) in [6, 6.07) is 0. The molecule has 1 aliphatic heterocycles. The van der Waals surface area contributed by atoms with Crippen molar-refractivity contribution in [3.8, 4) is 0 Å². The summed E-state index contributed by atoms with van der Waals surface area (Å²) in [6.45, 7) is 0. The highest BCUT2D eigenvalue weighted by Gasteiger charge is 2.26. The van der Waals surface area contributed by atoms with Crippen LogP contribution in [0.25, 0.3) is 0 Å². The lowest BCUT2D eigenvalue weighted by atomic mass is 10.5. The smallest absolute Gasteiger partial charge is 0.363 e. The lowest BCUT2D eigenvalue weighted by Crippen LogP contribution is -2.14. The summed E-state index contributed by atoms with van der Waals surface area (Å²) < 4.78 is 28.3. The zero-order chi connectivity index (χ0) is 7.78. The van der Waals surface area contributed by atoms with Crippen LogP contribution in [0.5, 0.6) is 0 Å². The maximum Gasteiger partial charge on any atom is 0.500 e. The van der Waals surface area contributed by atoms with Crippen molar-refractivity contribution in [3.05, 3.63) is 12.0 Å². The molecule has 0 aromatic heterocycles. The molecule has 56 valence electrons. The first-order valence-corrected chi connectivity index (χ1v) is 3.47. The molecule has 1 heterocycles. The Labute approximate surface area is 56.5 Å². The minimum Gasteiger partial charge on any atom is -0.363 e. The lowest BCUT2D eigenvalue weighted by Gasteiger charge is -1.91. The van der Waals surface area contributed by atoms with Gasteiger partial charge in [0, 0.05) is 0 Å². The predicted molar refractivity (Wildman–Crippen MR) is 28.4 cm³/mol. The number of amides is 1. The van der Waals surface area contributed by atoms with E-state index < -0.39 is 22.1 Å². The zero-order valence-corrected chi connectivity index (χ0v) is 5.42. The highest BCUT2D eigenvalue weighted by Crippen LogP contribution is 2.13. The van der Waals surface area contributed by atoms with Crippen molar-refractivity contribution < 1.29 is 21.6 Å². The Morgan fingerprint density at radius 2 is 2.20 bits per heavy atom. The summed E-state index contributed by atoms with van der Waals surface area (Å²) in [5.74, 6) is -1.50. The maximum absolute atomic E-state index is 10.2. The second-order valence-electron chi connectivity index (χ2n) is 1.43. The van der Waals surface area contributed by atoms with Gasteiger partial charge in [-0.2, -0.15) is 0 Å². The van der Waals surface area contributed by atoms with Crippen LogP contribution in [0.2, 0.25) is 0 Å². The summed E-state index contributed by atoms with van der Waals surface area (Å²) in [5.41, 5.74) is 4.64. The molecule has 7 heteroatoms. The molecule has 0 radical (unpaired) electrons. The summed E-state index contributed by atoms with van der Waals surface area (Å²) in [6.07, 6.45) is 0.637. The van der Waals surface area contributed by atoms with Gasteiger partial charge in [0.2, 0.25) is 5.76 Å². The molecule has 0 aliphatic carbocycles. The van der Waals surface area contributed by atoms with Crippen molar-refractivity contribution in [2.45, 2.75) is 0 Å². The molecule has 0 saturated heterocycles. The monoisotopic (exact) mass is 165 g/mol. The van der Waals surface area contributed by atoms with Gasteiger partial charge in [0.1, 0.15) is 0 Å². The van der Waals surface area contributed by atoms with Crippen LogP contribution >= 0.6 is 0 Å². The van der Waals surface area contributed by atoms with E-state index >= 15 is 0 Å². The number of primary amides is 1. The van der Waals surface area contributed by atoms with Gasteiger partial charge in [0.15, 0.2) is 6.26 Å². The van der Waals surface area contributed by atoms with E-state index in [1.54, 1.807) is 0 Å². The van der Waals surface area contributed by atoms with Gasteiger partial charge in [0.05, 0.1) is 0 Å². The van der Waals surface area contributed by atoms with Crippen LogP contribution in [-0.2, 0) is 23.6 Å². The fourth-order valence-corrected chi connectivity index (χ4v) is 0.937. The van der Waals surface area contributed by atoms with Gasteiger partial charge in [-0.3, -0.25) is 4.79 Å². The first-order valence-electron chi connectivity index (χ1n) is 2.14. The maximum atomic E-state index is 10.2. The average Bonchev–Trinajstić information content (AvgIpc) is 2.10. The minimum atomic E-state index is -4.03. The summed E-state index contributed by atoms with van der Waals surface area (Å²) in [4.78, 5) is 10.2. The third-order valence-corrected chi connectivity index (χ3v) is 1.42. The zero-order valence-electron chi connectivity index (χ0n) is 4.60. The number of carbonyl (C=O) groups is 1. The fourth-order valence-electron chi connectivity index (χ4n) is 0.351. The van der Waals surface area contributed by atoms with Crippen LogP contribution in [-0.4, -0.2) is 14.3 Å². The molecule has 10 heavy (non-hydrogen) atoms. The van der Waals surface area contributed by atoms with Crippen molar-refractivity contribution in [1.29, 1.82) is 0 Å². The van der Waals surface area contributed by atoms with Crippen molar-refractivity contribution in [3.63, 3.8) is 0 Å². The Kier molecular flexibility index (Phi) is 1.29. The molecule has 0 spiro atoms. The highest BCUT2D eigenvalue weighted by atomic mass is 32.3. The average molecular weight is 165 g/mol. The first-order chi connectivity index (χ1) is 4.51. The Bertz CT molecular complexity index is 288. The molecule has 6 nitrogen and oxygen atoms in total. The van der Waals surface area contributed by atoms with Crippen LogP contribution < -0.4 is 5.73 Å². The quantitative estimate of drug-likeness (QED) is 0.515. The van der Waals surface area contributed by atoms with E-state index in [1.807, 2.05) is 0 Å².